The van der Waals surface area contributed by atoms with E-state index in [1.165, 1.54) is 20.0 Å². The standard InChI is InChI=1S/C13H22O2/c1-5-6-7-8-9-10-11(12(14)15-4)13(10,2)3/h8-11H,5-7H2,1-4H3. The summed E-state index contributed by atoms with van der Waals surface area (Å²) in [6.45, 7) is 6.44. The minimum Gasteiger partial charge on any atom is -0.469 e. The third-order valence-corrected chi connectivity index (χ3v) is 3.43. The molecule has 1 rings (SSSR count). The van der Waals surface area contributed by atoms with E-state index in [-0.39, 0.29) is 17.3 Å². The lowest BCUT2D eigenvalue weighted by atomic mass is 10.1. The molecule has 86 valence electrons. The van der Waals surface area contributed by atoms with Gasteiger partial charge in [0, 0.05) is 0 Å². The van der Waals surface area contributed by atoms with Crippen LogP contribution in [0, 0.1) is 17.3 Å². The highest BCUT2D eigenvalue weighted by molar-refractivity contribution is 5.78. The van der Waals surface area contributed by atoms with E-state index in [1.807, 2.05) is 0 Å². The van der Waals surface area contributed by atoms with E-state index >= 15 is 0 Å². The van der Waals surface area contributed by atoms with Crippen LogP contribution in [0.25, 0.3) is 0 Å². The molecule has 0 radical (unpaired) electrons. The van der Waals surface area contributed by atoms with E-state index in [0.29, 0.717) is 5.92 Å². The molecule has 0 bridgehead atoms. The zero-order chi connectivity index (χ0) is 11.5. The Morgan fingerprint density at radius 3 is 2.67 bits per heavy atom. The van der Waals surface area contributed by atoms with Gasteiger partial charge in [0.05, 0.1) is 13.0 Å². The van der Waals surface area contributed by atoms with Gasteiger partial charge >= 0.3 is 5.97 Å². The molecule has 1 aliphatic rings. The fourth-order valence-electron chi connectivity index (χ4n) is 2.18. The molecule has 0 heterocycles. The second-order valence-electron chi connectivity index (χ2n) is 4.92. The first-order valence-electron chi connectivity index (χ1n) is 5.80. The third kappa shape index (κ3) is 2.61. The summed E-state index contributed by atoms with van der Waals surface area (Å²) < 4.78 is 4.79. The van der Waals surface area contributed by atoms with Crippen molar-refractivity contribution >= 4 is 5.97 Å². The number of methoxy groups -OCH3 is 1. The number of carbonyl (C=O) groups is 1. The molecular formula is C13H22O2. The van der Waals surface area contributed by atoms with E-state index in [1.54, 1.807) is 0 Å². The van der Waals surface area contributed by atoms with Crippen molar-refractivity contribution in [2.75, 3.05) is 7.11 Å². The minimum atomic E-state index is -0.0647. The molecule has 0 aromatic carbocycles. The first kappa shape index (κ1) is 12.3. The Labute approximate surface area is 92.7 Å². The lowest BCUT2D eigenvalue weighted by molar-refractivity contribution is -0.143. The van der Waals surface area contributed by atoms with Gasteiger partial charge in [-0.3, -0.25) is 4.79 Å². The molecule has 15 heavy (non-hydrogen) atoms. The molecule has 1 saturated carbocycles. The van der Waals surface area contributed by atoms with Crippen molar-refractivity contribution < 1.29 is 9.53 Å². The van der Waals surface area contributed by atoms with E-state index in [4.69, 9.17) is 4.74 Å². The summed E-state index contributed by atoms with van der Waals surface area (Å²) in [7, 11) is 1.47. The van der Waals surface area contributed by atoms with Crippen molar-refractivity contribution in [3.63, 3.8) is 0 Å². The first-order valence-corrected chi connectivity index (χ1v) is 5.80. The van der Waals surface area contributed by atoms with Crippen molar-refractivity contribution in [2.24, 2.45) is 17.3 Å². The zero-order valence-electron chi connectivity index (χ0n) is 10.2. The van der Waals surface area contributed by atoms with Gasteiger partial charge in [-0.15, -0.1) is 0 Å². The molecule has 0 spiro atoms. The summed E-state index contributed by atoms with van der Waals surface area (Å²) >= 11 is 0. The van der Waals surface area contributed by atoms with E-state index in [0.717, 1.165) is 6.42 Å². The number of carbonyl (C=O) groups excluding carboxylic acids is 1. The average molecular weight is 210 g/mol. The molecule has 2 atom stereocenters. The maximum Gasteiger partial charge on any atom is 0.309 e. The summed E-state index contributed by atoms with van der Waals surface area (Å²) in [5.74, 6) is 0.382. The summed E-state index contributed by atoms with van der Waals surface area (Å²) in [6.07, 6.45) is 7.97. The number of hydrogen-bond donors (Lipinski definition) is 0. The highest BCUT2D eigenvalue weighted by atomic mass is 16.5. The fraction of sp³-hybridized carbons (Fsp3) is 0.769. The van der Waals surface area contributed by atoms with Gasteiger partial charge in [0.15, 0.2) is 0 Å². The van der Waals surface area contributed by atoms with Crippen LogP contribution in [-0.2, 0) is 9.53 Å². The van der Waals surface area contributed by atoms with Crippen LogP contribution in [0.1, 0.15) is 40.0 Å². The molecule has 2 heteroatoms. The summed E-state index contributed by atoms with van der Waals surface area (Å²) in [6, 6.07) is 0. The molecule has 0 aromatic rings. The van der Waals surface area contributed by atoms with E-state index in [2.05, 4.69) is 32.9 Å². The van der Waals surface area contributed by atoms with Crippen LogP contribution in [-0.4, -0.2) is 13.1 Å². The molecule has 2 unspecified atom stereocenters. The van der Waals surface area contributed by atoms with Crippen LogP contribution in [0.3, 0.4) is 0 Å². The Balaban J connectivity index is 2.44. The van der Waals surface area contributed by atoms with Gasteiger partial charge in [0.25, 0.3) is 0 Å². The number of hydrogen-bond acceptors (Lipinski definition) is 2. The molecule has 1 aliphatic carbocycles. The van der Waals surface area contributed by atoms with Crippen molar-refractivity contribution in [1.29, 1.82) is 0 Å². The Morgan fingerprint density at radius 2 is 2.13 bits per heavy atom. The molecular weight excluding hydrogens is 188 g/mol. The van der Waals surface area contributed by atoms with Crippen LogP contribution >= 0.6 is 0 Å². The summed E-state index contributed by atoms with van der Waals surface area (Å²) in [5, 5.41) is 0. The van der Waals surface area contributed by atoms with Crippen LogP contribution in [0.15, 0.2) is 12.2 Å². The molecule has 1 fully saturated rings. The molecule has 0 aromatic heterocycles. The smallest absolute Gasteiger partial charge is 0.309 e. The normalized spacial score (nSPS) is 28.0. The minimum absolute atomic E-state index is 0.0647. The second kappa shape index (κ2) is 4.82. The van der Waals surface area contributed by atoms with Gasteiger partial charge in [-0.2, -0.15) is 0 Å². The van der Waals surface area contributed by atoms with Gasteiger partial charge in [-0.25, -0.2) is 0 Å². The van der Waals surface area contributed by atoms with Crippen molar-refractivity contribution in [2.45, 2.75) is 40.0 Å². The lowest BCUT2D eigenvalue weighted by Gasteiger charge is -1.99. The van der Waals surface area contributed by atoms with Crippen LogP contribution in [0.4, 0.5) is 0 Å². The fourth-order valence-corrected chi connectivity index (χ4v) is 2.18. The molecule has 0 aliphatic heterocycles. The molecule has 0 saturated heterocycles. The summed E-state index contributed by atoms with van der Waals surface area (Å²) in [5.41, 5.74) is 0.0931. The topological polar surface area (TPSA) is 26.3 Å². The van der Waals surface area contributed by atoms with E-state index in [9.17, 15) is 4.79 Å². The lowest BCUT2D eigenvalue weighted by Crippen LogP contribution is -2.07. The van der Waals surface area contributed by atoms with Crippen LogP contribution < -0.4 is 0 Å². The summed E-state index contributed by atoms with van der Waals surface area (Å²) in [4.78, 5) is 11.4. The van der Waals surface area contributed by atoms with Crippen LogP contribution in [0.5, 0.6) is 0 Å². The Bertz CT molecular complexity index is 253. The van der Waals surface area contributed by atoms with Gasteiger partial charge in [0.2, 0.25) is 0 Å². The van der Waals surface area contributed by atoms with Crippen LogP contribution in [0.2, 0.25) is 0 Å². The highest BCUT2D eigenvalue weighted by Gasteiger charge is 2.61. The predicted octanol–water partition coefficient (Wildman–Crippen LogP) is 3.18. The molecule has 0 amide bonds. The highest BCUT2D eigenvalue weighted by Crippen LogP contribution is 2.59. The Morgan fingerprint density at radius 1 is 1.47 bits per heavy atom. The molecule has 0 N–H and O–H groups in total. The third-order valence-electron chi connectivity index (χ3n) is 3.43. The predicted molar refractivity (Wildman–Crippen MR) is 61.4 cm³/mol. The maximum absolute atomic E-state index is 11.4. The van der Waals surface area contributed by atoms with Gasteiger partial charge in [0.1, 0.15) is 0 Å². The SMILES string of the molecule is CCCCC=CC1C(C(=O)OC)C1(C)C. The monoisotopic (exact) mass is 210 g/mol. The Kier molecular flexibility index (Phi) is 3.95. The number of unbranched alkanes of at least 4 members (excludes halogenated alkanes) is 2. The molecule has 2 nitrogen and oxygen atoms in total. The van der Waals surface area contributed by atoms with Gasteiger partial charge in [-0.05, 0) is 17.8 Å². The van der Waals surface area contributed by atoms with Crippen molar-refractivity contribution in [3.05, 3.63) is 12.2 Å². The average Bonchev–Trinajstić information content (AvgIpc) is 2.74. The number of allylic oxidation sites excluding steroid dienone is 2. The van der Waals surface area contributed by atoms with E-state index < -0.39 is 0 Å². The van der Waals surface area contributed by atoms with Gasteiger partial charge in [-0.1, -0.05) is 45.8 Å². The maximum atomic E-state index is 11.4. The van der Waals surface area contributed by atoms with Crippen molar-refractivity contribution in [3.8, 4) is 0 Å². The van der Waals surface area contributed by atoms with Crippen molar-refractivity contribution in [1.82, 2.24) is 0 Å². The quantitative estimate of drug-likeness (QED) is 0.396. The first-order chi connectivity index (χ1) is 7.05. The zero-order valence-corrected chi connectivity index (χ0v) is 10.2. The second-order valence-corrected chi connectivity index (χ2v) is 4.92. The Hall–Kier alpha value is -0.790. The van der Waals surface area contributed by atoms with Gasteiger partial charge < -0.3 is 4.74 Å². The number of rotatable bonds is 5. The number of esters is 1. The largest absolute Gasteiger partial charge is 0.469 e. The number of ether oxygens (including phenoxy) is 1.